The van der Waals surface area contributed by atoms with Gasteiger partial charge in [0.2, 0.25) is 0 Å². The zero-order valence-electron chi connectivity index (χ0n) is 14.6. The first-order valence-electron chi connectivity index (χ1n) is 8.50. The fourth-order valence-corrected chi connectivity index (χ4v) is 2.79. The number of hydrogen-bond acceptors (Lipinski definition) is 3. The summed E-state index contributed by atoms with van der Waals surface area (Å²) >= 11 is 0. The Labute approximate surface area is 159 Å². The minimum absolute atomic E-state index is 0.197. The lowest BCUT2D eigenvalue weighted by Crippen LogP contribution is -2.14. The topological polar surface area (TPSA) is 86.9 Å². The Morgan fingerprint density at radius 3 is 2.25 bits per heavy atom. The van der Waals surface area contributed by atoms with Gasteiger partial charge in [-0.2, -0.15) is 5.10 Å². The van der Waals surface area contributed by atoms with E-state index in [1.807, 2.05) is 12.1 Å². The Balaban J connectivity index is 1.49. The highest BCUT2D eigenvalue weighted by Gasteiger charge is 2.11. The number of aromatic amines is 1. The molecule has 0 aliphatic heterocycles. The molecular weight excluding hydrogens is 359 g/mol. The Bertz CT molecular complexity index is 1190. The molecule has 0 radical (unpaired) electrons. The standard InChI is InChI=1S/C21H15FN4O2/c22-16-5-1-3-13(9-16)20(27)24-17-6-2-4-14(10-17)21(28)25-18-7-8-19-15(11-18)12-23-26-19/h1-12H,(H,23,26)(H,24,27)(H,25,28). The fourth-order valence-electron chi connectivity index (χ4n) is 2.79. The molecule has 0 fully saturated rings. The molecule has 7 heteroatoms. The van der Waals surface area contributed by atoms with Gasteiger partial charge in [0, 0.05) is 27.9 Å². The SMILES string of the molecule is O=C(Nc1cccc(C(=O)Nc2ccc3[nH]ncc3c2)c1)c1cccc(F)c1. The number of hydrogen-bond donors (Lipinski definition) is 3. The lowest BCUT2D eigenvalue weighted by atomic mass is 10.1. The van der Waals surface area contributed by atoms with Crippen LogP contribution in [0.15, 0.2) is 72.9 Å². The third-order valence-corrected chi connectivity index (χ3v) is 4.17. The van der Waals surface area contributed by atoms with Gasteiger partial charge in [-0.1, -0.05) is 12.1 Å². The molecule has 0 unspecified atom stereocenters. The van der Waals surface area contributed by atoms with Crippen molar-refractivity contribution in [2.45, 2.75) is 0 Å². The largest absolute Gasteiger partial charge is 0.322 e. The summed E-state index contributed by atoms with van der Waals surface area (Å²) in [6, 6.07) is 17.3. The number of anilines is 2. The highest BCUT2D eigenvalue weighted by Crippen LogP contribution is 2.19. The van der Waals surface area contributed by atoms with Crippen molar-refractivity contribution in [2.24, 2.45) is 0 Å². The molecule has 0 saturated carbocycles. The monoisotopic (exact) mass is 374 g/mol. The van der Waals surface area contributed by atoms with E-state index >= 15 is 0 Å². The zero-order valence-corrected chi connectivity index (χ0v) is 14.6. The smallest absolute Gasteiger partial charge is 0.255 e. The highest BCUT2D eigenvalue weighted by atomic mass is 19.1. The van der Waals surface area contributed by atoms with E-state index in [4.69, 9.17) is 0 Å². The van der Waals surface area contributed by atoms with Crippen molar-refractivity contribution in [3.05, 3.63) is 89.9 Å². The normalized spacial score (nSPS) is 10.6. The van der Waals surface area contributed by atoms with E-state index in [1.54, 1.807) is 36.5 Å². The van der Waals surface area contributed by atoms with Crippen LogP contribution in [0, 0.1) is 5.82 Å². The molecule has 3 N–H and O–H groups in total. The molecule has 2 amide bonds. The van der Waals surface area contributed by atoms with E-state index in [9.17, 15) is 14.0 Å². The van der Waals surface area contributed by atoms with Crippen molar-refractivity contribution >= 4 is 34.1 Å². The molecule has 4 rings (SSSR count). The Hall–Kier alpha value is -4.00. The minimum Gasteiger partial charge on any atom is -0.322 e. The van der Waals surface area contributed by atoms with Crippen LogP contribution in [0.3, 0.4) is 0 Å². The molecule has 0 saturated heterocycles. The Morgan fingerprint density at radius 2 is 1.50 bits per heavy atom. The number of rotatable bonds is 4. The van der Waals surface area contributed by atoms with Crippen molar-refractivity contribution in [2.75, 3.05) is 10.6 Å². The summed E-state index contributed by atoms with van der Waals surface area (Å²) in [5, 5.41) is 13.2. The highest BCUT2D eigenvalue weighted by molar-refractivity contribution is 6.07. The summed E-state index contributed by atoms with van der Waals surface area (Å²) in [4.78, 5) is 24.8. The van der Waals surface area contributed by atoms with Gasteiger partial charge in [0.15, 0.2) is 0 Å². The molecule has 0 aliphatic rings. The van der Waals surface area contributed by atoms with E-state index in [-0.39, 0.29) is 11.5 Å². The number of aromatic nitrogens is 2. The predicted molar refractivity (Wildman–Crippen MR) is 105 cm³/mol. The number of carbonyl (C=O) groups is 2. The second kappa shape index (κ2) is 7.32. The number of H-pyrrole nitrogens is 1. The first kappa shape index (κ1) is 17.4. The molecule has 1 heterocycles. The summed E-state index contributed by atoms with van der Waals surface area (Å²) in [5.41, 5.74) is 2.52. The molecule has 4 aromatic rings. The lowest BCUT2D eigenvalue weighted by Gasteiger charge is -2.09. The van der Waals surface area contributed by atoms with Crippen LogP contribution in [-0.4, -0.2) is 22.0 Å². The number of benzene rings is 3. The van der Waals surface area contributed by atoms with Crippen molar-refractivity contribution in [3.63, 3.8) is 0 Å². The van der Waals surface area contributed by atoms with Gasteiger partial charge in [-0.15, -0.1) is 0 Å². The van der Waals surface area contributed by atoms with Crippen molar-refractivity contribution in [1.29, 1.82) is 0 Å². The predicted octanol–water partition coefficient (Wildman–Crippen LogP) is 4.21. The molecule has 0 spiro atoms. The zero-order chi connectivity index (χ0) is 19.5. The van der Waals surface area contributed by atoms with Gasteiger partial charge < -0.3 is 10.6 Å². The average molecular weight is 374 g/mol. The maximum Gasteiger partial charge on any atom is 0.255 e. The van der Waals surface area contributed by atoms with Gasteiger partial charge in [0.1, 0.15) is 5.82 Å². The van der Waals surface area contributed by atoms with Crippen LogP contribution < -0.4 is 10.6 Å². The molecule has 138 valence electrons. The van der Waals surface area contributed by atoms with Gasteiger partial charge in [0.05, 0.1) is 11.7 Å². The second-order valence-electron chi connectivity index (χ2n) is 6.17. The minimum atomic E-state index is -0.490. The van der Waals surface area contributed by atoms with Crippen LogP contribution in [0.1, 0.15) is 20.7 Å². The number of carbonyl (C=O) groups excluding carboxylic acids is 2. The summed E-state index contributed by atoms with van der Waals surface area (Å²) < 4.78 is 13.3. The molecule has 0 aliphatic carbocycles. The first-order chi connectivity index (χ1) is 13.6. The quantitative estimate of drug-likeness (QED) is 0.500. The number of halogens is 1. The average Bonchev–Trinajstić information content (AvgIpc) is 3.16. The van der Waals surface area contributed by atoms with Crippen LogP contribution >= 0.6 is 0 Å². The van der Waals surface area contributed by atoms with E-state index < -0.39 is 11.7 Å². The second-order valence-corrected chi connectivity index (χ2v) is 6.17. The van der Waals surface area contributed by atoms with Crippen LogP contribution in [0.25, 0.3) is 10.9 Å². The van der Waals surface area contributed by atoms with Crippen molar-refractivity contribution in [3.8, 4) is 0 Å². The summed E-state index contributed by atoms with van der Waals surface area (Å²) in [5.74, 6) is -1.26. The van der Waals surface area contributed by atoms with Gasteiger partial charge in [-0.25, -0.2) is 4.39 Å². The Kier molecular flexibility index (Phi) is 4.55. The fraction of sp³-hybridized carbons (Fsp3) is 0. The third-order valence-electron chi connectivity index (χ3n) is 4.17. The number of nitrogens with one attached hydrogen (secondary N) is 3. The maximum atomic E-state index is 13.3. The summed E-state index contributed by atoms with van der Waals surface area (Å²) in [6.45, 7) is 0. The molecule has 6 nitrogen and oxygen atoms in total. The van der Waals surface area contributed by atoms with Gasteiger partial charge >= 0.3 is 0 Å². The lowest BCUT2D eigenvalue weighted by molar-refractivity contribution is 0.101. The third kappa shape index (κ3) is 3.73. The van der Waals surface area contributed by atoms with Crippen LogP contribution in [-0.2, 0) is 0 Å². The number of nitrogens with zero attached hydrogens (tertiary/aromatic N) is 1. The molecule has 0 atom stereocenters. The molecule has 3 aromatic carbocycles. The van der Waals surface area contributed by atoms with E-state index in [1.165, 1.54) is 18.2 Å². The van der Waals surface area contributed by atoms with E-state index in [0.29, 0.717) is 16.9 Å². The number of fused-ring (bicyclic) bond motifs is 1. The Morgan fingerprint density at radius 1 is 0.821 bits per heavy atom. The van der Waals surface area contributed by atoms with Crippen LogP contribution in [0.5, 0.6) is 0 Å². The molecular formula is C21H15FN4O2. The summed E-state index contributed by atoms with van der Waals surface area (Å²) in [6.07, 6.45) is 1.67. The van der Waals surface area contributed by atoms with Gasteiger partial charge in [-0.05, 0) is 54.6 Å². The summed E-state index contributed by atoms with van der Waals surface area (Å²) in [7, 11) is 0. The molecule has 28 heavy (non-hydrogen) atoms. The van der Waals surface area contributed by atoms with Crippen molar-refractivity contribution in [1.82, 2.24) is 10.2 Å². The number of amides is 2. The first-order valence-corrected chi connectivity index (χ1v) is 8.50. The van der Waals surface area contributed by atoms with Gasteiger partial charge in [0.25, 0.3) is 11.8 Å². The maximum absolute atomic E-state index is 13.3. The van der Waals surface area contributed by atoms with Gasteiger partial charge in [-0.3, -0.25) is 14.7 Å². The van der Waals surface area contributed by atoms with Crippen LogP contribution in [0.2, 0.25) is 0 Å². The molecule has 0 bridgehead atoms. The molecule has 1 aromatic heterocycles. The van der Waals surface area contributed by atoms with E-state index in [0.717, 1.165) is 17.0 Å². The van der Waals surface area contributed by atoms with Crippen LogP contribution in [0.4, 0.5) is 15.8 Å². The van der Waals surface area contributed by atoms with Crippen molar-refractivity contribution < 1.29 is 14.0 Å². The van der Waals surface area contributed by atoms with E-state index in [2.05, 4.69) is 20.8 Å².